The number of anilines is 2. The number of halogens is 1. The van der Waals surface area contributed by atoms with Gasteiger partial charge in [0.1, 0.15) is 28.4 Å². The lowest BCUT2D eigenvalue weighted by Crippen LogP contribution is -2.07. The number of nitriles is 1. The summed E-state index contributed by atoms with van der Waals surface area (Å²) in [5.74, 6) is 2.05. The Kier molecular flexibility index (Phi) is 3.95. The average Bonchev–Trinajstić information content (AvgIpc) is 3.03. The number of nitrogens with one attached hydrogen (secondary N) is 1. The Labute approximate surface area is 153 Å². The van der Waals surface area contributed by atoms with Crippen LogP contribution in [-0.4, -0.2) is 24.7 Å². The van der Waals surface area contributed by atoms with E-state index >= 15 is 0 Å². The van der Waals surface area contributed by atoms with E-state index in [1.807, 2.05) is 36.4 Å². The van der Waals surface area contributed by atoms with Crippen LogP contribution in [0.25, 0.3) is 16.7 Å². The number of nitrogens with zero attached hydrogens (tertiary/aromatic N) is 6. The third kappa shape index (κ3) is 2.94. The molecule has 3 heterocycles. The molecule has 3 aromatic heterocycles. The molecule has 0 aliphatic heterocycles. The third-order valence-corrected chi connectivity index (χ3v) is 3.94. The van der Waals surface area contributed by atoms with Gasteiger partial charge in [0.2, 0.25) is 0 Å². The Morgan fingerprint density at radius 1 is 1.12 bits per heavy atom. The fourth-order valence-electron chi connectivity index (χ4n) is 2.61. The van der Waals surface area contributed by atoms with Gasteiger partial charge in [0.05, 0.1) is 11.7 Å². The fraction of sp³-hybridized carbons (Fsp3) is 0.0556. The van der Waals surface area contributed by atoms with Crippen molar-refractivity contribution in [2.24, 2.45) is 0 Å². The molecule has 0 aliphatic carbocycles. The lowest BCUT2D eigenvalue weighted by Gasteiger charge is -2.10. The van der Waals surface area contributed by atoms with E-state index in [1.54, 1.807) is 17.7 Å². The molecule has 0 unspecified atom stereocenters. The smallest absolute Gasteiger partial charge is 0.156 e. The van der Waals surface area contributed by atoms with Crippen molar-refractivity contribution in [2.45, 2.75) is 6.92 Å². The quantitative estimate of drug-likeness (QED) is 0.558. The van der Waals surface area contributed by atoms with E-state index in [0.29, 0.717) is 34.0 Å². The number of aryl methyl sites for hydroxylation is 1. The molecule has 7 nitrogen and oxygen atoms in total. The van der Waals surface area contributed by atoms with Crippen molar-refractivity contribution in [3.05, 3.63) is 65.2 Å². The molecule has 0 aliphatic rings. The van der Waals surface area contributed by atoms with Crippen LogP contribution in [0.5, 0.6) is 0 Å². The molecule has 126 valence electrons. The molecule has 1 N–H and O–H groups in total. The fourth-order valence-corrected chi connectivity index (χ4v) is 2.84. The molecular weight excluding hydrogens is 350 g/mol. The van der Waals surface area contributed by atoms with E-state index in [0.717, 1.165) is 10.9 Å². The summed E-state index contributed by atoms with van der Waals surface area (Å²) in [5.41, 5.74) is 1.21. The molecule has 0 saturated carbocycles. The number of aromatic nitrogens is 5. The molecule has 0 fully saturated rings. The molecular formula is C18H12ClN7. The first kappa shape index (κ1) is 16.0. The molecule has 0 bridgehead atoms. The van der Waals surface area contributed by atoms with Crippen LogP contribution in [-0.2, 0) is 0 Å². The number of para-hydroxylation sites is 1. The van der Waals surface area contributed by atoms with Gasteiger partial charge in [-0.15, -0.1) is 0 Å². The van der Waals surface area contributed by atoms with Crippen LogP contribution in [0.1, 0.15) is 11.4 Å². The minimum atomic E-state index is 0.313. The van der Waals surface area contributed by atoms with Crippen molar-refractivity contribution in [1.82, 2.24) is 24.7 Å². The molecule has 4 rings (SSSR count). The summed E-state index contributed by atoms with van der Waals surface area (Å²) in [6.45, 7) is 1.74. The van der Waals surface area contributed by atoms with E-state index in [2.05, 4.69) is 31.4 Å². The maximum Gasteiger partial charge on any atom is 0.156 e. The molecule has 0 amide bonds. The summed E-state index contributed by atoms with van der Waals surface area (Å²) in [5, 5.41) is 18.2. The standard InChI is InChI=1S/C18H12ClN7/c1-11-22-15(19)8-16(23-11)25-18-13(9-20)10-21-26(18)17-7-6-12-4-2-3-5-14(12)24-17/h2-8,10H,1H3,(H,22,23,25). The molecule has 0 radical (unpaired) electrons. The van der Waals surface area contributed by atoms with E-state index in [9.17, 15) is 5.26 Å². The maximum absolute atomic E-state index is 9.42. The minimum Gasteiger partial charge on any atom is -0.324 e. The SMILES string of the molecule is Cc1nc(Cl)cc(Nc2c(C#N)cnn2-c2ccc3ccccc3n2)n1. The first-order valence-corrected chi connectivity index (χ1v) is 8.14. The van der Waals surface area contributed by atoms with Crippen molar-refractivity contribution in [3.8, 4) is 11.9 Å². The number of pyridine rings is 1. The van der Waals surface area contributed by atoms with Gasteiger partial charge in [0, 0.05) is 11.5 Å². The van der Waals surface area contributed by atoms with Gasteiger partial charge in [0.25, 0.3) is 0 Å². The zero-order valence-corrected chi connectivity index (χ0v) is 14.4. The second kappa shape index (κ2) is 6.43. The predicted octanol–water partition coefficient (Wildman–Crippen LogP) is 3.79. The van der Waals surface area contributed by atoms with Gasteiger partial charge in [0.15, 0.2) is 11.6 Å². The largest absolute Gasteiger partial charge is 0.324 e. The summed E-state index contributed by atoms with van der Waals surface area (Å²) in [4.78, 5) is 12.9. The first-order chi connectivity index (χ1) is 12.6. The van der Waals surface area contributed by atoms with Crippen LogP contribution < -0.4 is 5.32 Å². The lowest BCUT2D eigenvalue weighted by atomic mass is 10.2. The molecule has 4 aromatic rings. The van der Waals surface area contributed by atoms with Gasteiger partial charge in [-0.2, -0.15) is 15.0 Å². The number of hydrogen-bond donors (Lipinski definition) is 1. The van der Waals surface area contributed by atoms with Crippen LogP contribution in [0.15, 0.2) is 48.7 Å². The van der Waals surface area contributed by atoms with Gasteiger partial charge >= 0.3 is 0 Å². The highest BCUT2D eigenvalue weighted by molar-refractivity contribution is 6.29. The third-order valence-electron chi connectivity index (χ3n) is 3.74. The number of rotatable bonds is 3. The highest BCUT2D eigenvalue weighted by atomic mass is 35.5. The Morgan fingerprint density at radius 3 is 2.77 bits per heavy atom. The Morgan fingerprint density at radius 2 is 1.96 bits per heavy atom. The monoisotopic (exact) mass is 361 g/mol. The maximum atomic E-state index is 9.42. The van der Waals surface area contributed by atoms with Gasteiger partial charge in [-0.05, 0) is 25.1 Å². The van der Waals surface area contributed by atoms with Gasteiger partial charge < -0.3 is 5.32 Å². The molecule has 0 atom stereocenters. The van der Waals surface area contributed by atoms with E-state index < -0.39 is 0 Å². The molecule has 0 saturated heterocycles. The van der Waals surface area contributed by atoms with Crippen LogP contribution in [0.2, 0.25) is 5.15 Å². The highest BCUT2D eigenvalue weighted by Gasteiger charge is 2.15. The minimum absolute atomic E-state index is 0.313. The summed E-state index contributed by atoms with van der Waals surface area (Å²) in [6.07, 6.45) is 1.48. The van der Waals surface area contributed by atoms with Crippen LogP contribution in [0.4, 0.5) is 11.6 Å². The highest BCUT2D eigenvalue weighted by Crippen LogP contribution is 2.24. The summed E-state index contributed by atoms with van der Waals surface area (Å²) >= 11 is 6.00. The van der Waals surface area contributed by atoms with Crippen molar-refractivity contribution in [1.29, 1.82) is 5.26 Å². The summed E-state index contributed by atoms with van der Waals surface area (Å²) in [6, 6.07) is 15.3. The summed E-state index contributed by atoms with van der Waals surface area (Å²) < 4.78 is 1.57. The second-order valence-electron chi connectivity index (χ2n) is 5.54. The Balaban J connectivity index is 1.82. The van der Waals surface area contributed by atoms with Crippen LogP contribution in [0.3, 0.4) is 0 Å². The van der Waals surface area contributed by atoms with E-state index in [1.165, 1.54) is 6.20 Å². The van der Waals surface area contributed by atoms with Gasteiger partial charge in [-0.3, -0.25) is 0 Å². The average molecular weight is 362 g/mol. The van der Waals surface area contributed by atoms with Crippen molar-refractivity contribution in [2.75, 3.05) is 5.32 Å². The molecule has 1 aromatic carbocycles. The van der Waals surface area contributed by atoms with Crippen molar-refractivity contribution in [3.63, 3.8) is 0 Å². The van der Waals surface area contributed by atoms with Crippen LogP contribution >= 0.6 is 11.6 Å². The van der Waals surface area contributed by atoms with Gasteiger partial charge in [-0.1, -0.05) is 29.8 Å². The first-order valence-electron chi connectivity index (χ1n) is 7.76. The van der Waals surface area contributed by atoms with Crippen molar-refractivity contribution >= 4 is 34.1 Å². The lowest BCUT2D eigenvalue weighted by molar-refractivity contribution is 0.858. The van der Waals surface area contributed by atoms with Gasteiger partial charge in [-0.25, -0.2) is 15.0 Å². The van der Waals surface area contributed by atoms with Crippen molar-refractivity contribution < 1.29 is 0 Å². The summed E-state index contributed by atoms with van der Waals surface area (Å²) in [7, 11) is 0. The van der Waals surface area contributed by atoms with Crippen LogP contribution in [0, 0.1) is 18.3 Å². The molecule has 8 heteroatoms. The Bertz CT molecular complexity index is 1140. The topological polar surface area (TPSA) is 92.3 Å². The normalized spacial score (nSPS) is 10.7. The van der Waals surface area contributed by atoms with E-state index in [4.69, 9.17) is 11.6 Å². The zero-order valence-electron chi connectivity index (χ0n) is 13.7. The predicted molar refractivity (Wildman–Crippen MR) is 98.6 cm³/mol. The molecule has 26 heavy (non-hydrogen) atoms. The number of benzene rings is 1. The second-order valence-corrected chi connectivity index (χ2v) is 5.93. The zero-order chi connectivity index (χ0) is 18.1. The number of fused-ring (bicyclic) bond motifs is 1. The Hall–Kier alpha value is -3.50. The molecule has 0 spiro atoms. The van der Waals surface area contributed by atoms with E-state index in [-0.39, 0.29) is 0 Å². The number of hydrogen-bond acceptors (Lipinski definition) is 6.